The predicted molar refractivity (Wildman–Crippen MR) is 102 cm³/mol. The lowest BCUT2D eigenvalue weighted by atomic mass is 9.95. The highest BCUT2D eigenvalue weighted by atomic mass is 32.2. The van der Waals surface area contributed by atoms with Crippen LogP contribution in [0.15, 0.2) is 18.2 Å². The SMILES string of the molecule is CCc1cccc(C)c1N(CCC(=O)NC1CCCCC1)S(C)(=O)=O. The quantitative estimate of drug-likeness (QED) is 0.806. The van der Waals surface area contributed by atoms with Gasteiger partial charge in [-0.05, 0) is 37.3 Å². The molecule has 25 heavy (non-hydrogen) atoms. The first-order valence-corrected chi connectivity index (χ1v) is 11.0. The first kappa shape index (κ1) is 19.8. The second kappa shape index (κ2) is 8.70. The monoisotopic (exact) mass is 366 g/mol. The number of hydrogen-bond acceptors (Lipinski definition) is 3. The lowest BCUT2D eigenvalue weighted by molar-refractivity contribution is -0.121. The van der Waals surface area contributed by atoms with Gasteiger partial charge in [0.1, 0.15) is 0 Å². The van der Waals surface area contributed by atoms with Gasteiger partial charge < -0.3 is 5.32 Å². The van der Waals surface area contributed by atoms with Crippen molar-refractivity contribution in [2.24, 2.45) is 0 Å². The van der Waals surface area contributed by atoms with E-state index >= 15 is 0 Å². The fourth-order valence-electron chi connectivity index (χ4n) is 3.56. The van der Waals surface area contributed by atoms with E-state index in [-0.39, 0.29) is 24.9 Å². The van der Waals surface area contributed by atoms with Crippen LogP contribution in [0.4, 0.5) is 5.69 Å². The molecular weight excluding hydrogens is 336 g/mol. The Morgan fingerprint density at radius 1 is 1.24 bits per heavy atom. The Bertz CT molecular complexity index is 695. The third-order valence-electron chi connectivity index (χ3n) is 4.86. The lowest BCUT2D eigenvalue weighted by Gasteiger charge is -2.27. The van der Waals surface area contributed by atoms with Crippen molar-refractivity contribution in [1.82, 2.24) is 5.32 Å². The van der Waals surface area contributed by atoms with Crippen LogP contribution in [-0.2, 0) is 21.2 Å². The summed E-state index contributed by atoms with van der Waals surface area (Å²) in [5.74, 6) is -0.0628. The molecule has 140 valence electrons. The zero-order valence-electron chi connectivity index (χ0n) is 15.5. The van der Waals surface area contributed by atoms with Gasteiger partial charge in [0.2, 0.25) is 15.9 Å². The minimum Gasteiger partial charge on any atom is -0.353 e. The van der Waals surface area contributed by atoms with E-state index in [0.29, 0.717) is 0 Å². The standard InChI is InChI=1S/C19H30N2O3S/c1-4-16-10-8-9-15(2)19(16)21(25(3,23)24)14-13-18(22)20-17-11-6-5-7-12-17/h8-10,17H,4-7,11-14H2,1-3H3,(H,20,22). The van der Waals surface area contributed by atoms with Gasteiger partial charge in [-0.1, -0.05) is 44.4 Å². The number of aryl methyl sites for hydroxylation is 2. The number of anilines is 1. The van der Waals surface area contributed by atoms with E-state index in [0.717, 1.165) is 48.9 Å². The number of rotatable bonds is 7. The van der Waals surface area contributed by atoms with E-state index in [4.69, 9.17) is 0 Å². The number of para-hydroxylation sites is 1. The van der Waals surface area contributed by atoms with E-state index in [2.05, 4.69) is 5.32 Å². The molecule has 0 radical (unpaired) electrons. The molecule has 0 aromatic heterocycles. The minimum absolute atomic E-state index is 0.0628. The predicted octanol–water partition coefficient (Wildman–Crippen LogP) is 3.16. The van der Waals surface area contributed by atoms with Crippen molar-refractivity contribution >= 4 is 21.6 Å². The molecule has 1 fully saturated rings. The molecular formula is C19H30N2O3S. The summed E-state index contributed by atoms with van der Waals surface area (Å²) in [5, 5.41) is 3.06. The number of benzene rings is 1. The van der Waals surface area contributed by atoms with Crippen LogP contribution in [-0.4, -0.2) is 33.2 Å². The molecule has 6 heteroatoms. The third kappa shape index (κ3) is 5.46. The highest BCUT2D eigenvalue weighted by molar-refractivity contribution is 7.92. The topological polar surface area (TPSA) is 66.5 Å². The Kier molecular flexibility index (Phi) is 6.87. The normalized spacial score (nSPS) is 15.8. The Labute approximate surface area is 151 Å². The lowest BCUT2D eigenvalue weighted by Crippen LogP contribution is -2.39. The fourth-order valence-corrected chi connectivity index (χ4v) is 4.57. The van der Waals surface area contributed by atoms with Crippen molar-refractivity contribution in [3.63, 3.8) is 0 Å². The number of nitrogens with zero attached hydrogens (tertiary/aromatic N) is 1. The van der Waals surface area contributed by atoms with Gasteiger partial charge in [-0.25, -0.2) is 8.42 Å². The third-order valence-corrected chi connectivity index (χ3v) is 6.03. The number of carbonyl (C=O) groups is 1. The molecule has 1 N–H and O–H groups in total. The molecule has 1 aliphatic rings. The van der Waals surface area contributed by atoms with Crippen molar-refractivity contribution in [2.45, 2.75) is 64.8 Å². The summed E-state index contributed by atoms with van der Waals surface area (Å²) in [5.41, 5.74) is 2.62. The zero-order chi connectivity index (χ0) is 18.4. The van der Waals surface area contributed by atoms with Gasteiger partial charge in [0, 0.05) is 19.0 Å². The van der Waals surface area contributed by atoms with Crippen LogP contribution in [0.3, 0.4) is 0 Å². The van der Waals surface area contributed by atoms with Gasteiger partial charge >= 0.3 is 0 Å². The second-order valence-corrected chi connectivity index (χ2v) is 8.83. The molecule has 0 unspecified atom stereocenters. The van der Waals surface area contributed by atoms with Gasteiger partial charge in [0.15, 0.2) is 0 Å². The number of amides is 1. The van der Waals surface area contributed by atoms with E-state index in [1.807, 2.05) is 32.0 Å². The summed E-state index contributed by atoms with van der Waals surface area (Å²) < 4.78 is 26.1. The molecule has 1 aromatic carbocycles. The maximum absolute atomic E-state index is 12.3. The van der Waals surface area contributed by atoms with Crippen molar-refractivity contribution in [3.8, 4) is 0 Å². The summed E-state index contributed by atoms with van der Waals surface area (Å²) >= 11 is 0. The molecule has 0 heterocycles. The average molecular weight is 367 g/mol. The van der Waals surface area contributed by atoms with E-state index < -0.39 is 10.0 Å². The maximum atomic E-state index is 12.3. The van der Waals surface area contributed by atoms with Crippen LogP contribution in [0.1, 0.15) is 56.6 Å². The molecule has 0 spiro atoms. The Morgan fingerprint density at radius 3 is 2.52 bits per heavy atom. The van der Waals surface area contributed by atoms with E-state index in [1.165, 1.54) is 17.0 Å². The van der Waals surface area contributed by atoms with Crippen LogP contribution in [0.25, 0.3) is 0 Å². The molecule has 1 aliphatic carbocycles. The highest BCUT2D eigenvalue weighted by Gasteiger charge is 2.23. The van der Waals surface area contributed by atoms with Crippen LogP contribution in [0.5, 0.6) is 0 Å². The number of carbonyl (C=O) groups excluding carboxylic acids is 1. The Balaban J connectivity index is 2.10. The zero-order valence-corrected chi connectivity index (χ0v) is 16.4. The maximum Gasteiger partial charge on any atom is 0.232 e. The number of nitrogens with one attached hydrogen (secondary N) is 1. The van der Waals surface area contributed by atoms with Gasteiger partial charge in [-0.2, -0.15) is 0 Å². The van der Waals surface area contributed by atoms with Gasteiger partial charge in [0.25, 0.3) is 0 Å². The first-order chi connectivity index (χ1) is 11.8. The molecule has 1 saturated carbocycles. The molecule has 0 saturated heterocycles. The molecule has 1 aromatic rings. The molecule has 0 bridgehead atoms. The van der Waals surface area contributed by atoms with Crippen molar-refractivity contribution in [1.29, 1.82) is 0 Å². The average Bonchev–Trinajstić information content (AvgIpc) is 2.56. The summed E-state index contributed by atoms with van der Waals surface area (Å²) in [7, 11) is -3.45. The molecule has 1 amide bonds. The Hall–Kier alpha value is -1.56. The molecule has 2 rings (SSSR count). The van der Waals surface area contributed by atoms with Crippen molar-refractivity contribution in [2.75, 3.05) is 17.1 Å². The summed E-state index contributed by atoms with van der Waals surface area (Å²) in [6.45, 7) is 4.10. The number of hydrogen-bond donors (Lipinski definition) is 1. The summed E-state index contributed by atoms with van der Waals surface area (Å²) in [6.07, 6.45) is 7.74. The minimum atomic E-state index is -3.45. The highest BCUT2D eigenvalue weighted by Crippen LogP contribution is 2.28. The van der Waals surface area contributed by atoms with Crippen LogP contribution >= 0.6 is 0 Å². The fraction of sp³-hybridized carbons (Fsp3) is 0.632. The van der Waals surface area contributed by atoms with Crippen LogP contribution < -0.4 is 9.62 Å². The summed E-state index contributed by atoms with van der Waals surface area (Å²) in [6, 6.07) is 6.04. The molecule has 5 nitrogen and oxygen atoms in total. The van der Waals surface area contributed by atoms with Gasteiger partial charge in [-0.15, -0.1) is 0 Å². The van der Waals surface area contributed by atoms with Crippen molar-refractivity contribution in [3.05, 3.63) is 29.3 Å². The Morgan fingerprint density at radius 2 is 1.92 bits per heavy atom. The van der Waals surface area contributed by atoms with Crippen LogP contribution in [0.2, 0.25) is 0 Å². The van der Waals surface area contributed by atoms with Gasteiger partial charge in [-0.3, -0.25) is 9.10 Å². The number of sulfonamides is 1. The van der Waals surface area contributed by atoms with E-state index in [1.54, 1.807) is 0 Å². The van der Waals surface area contributed by atoms with E-state index in [9.17, 15) is 13.2 Å². The second-order valence-electron chi connectivity index (χ2n) is 6.92. The van der Waals surface area contributed by atoms with Crippen LogP contribution in [0, 0.1) is 6.92 Å². The molecule has 0 aliphatic heterocycles. The summed E-state index contributed by atoms with van der Waals surface area (Å²) in [4.78, 5) is 12.3. The smallest absolute Gasteiger partial charge is 0.232 e. The van der Waals surface area contributed by atoms with Gasteiger partial charge in [0.05, 0.1) is 11.9 Å². The van der Waals surface area contributed by atoms with Crippen molar-refractivity contribution < 1.29 is 13.2 Å². The first-order valence-electron chi connectivity index (χ1n) is 9.18. The largest absolute Gasteiger partial charge is 0.353 e. The molecule has 0 atom stereocenters.